The van der Waals surface area contributed by atoms with Crippen molar-refractivity contribution in [2.45, 2.75) is 5.33 Å². The second-order valence-corrected chi connectivity index (χ2v) is 4.45. The molecule has 0 aliphatic rings. The Morgan fingerprint density at radius 3 is 2.93 bits per heavy atom. The van der Waals surface area contributed by atoms with E-state index in [4.69, 9.17) is 4.74 Å². The van der Waals surface area contributed by atoms with Gasteiger partial charge in [-0.05, 0) is 17.7 Å². The molecule has 4 heteroatoms. The van der Waals surface area contributed by atoms with Gasteiger partial charge in [0.15, 0.2) is 5.82 Å². The summed E-state index contributed by atoms with van der Waals surface area (Å²) in [6.45, 7) is 0. The fourth-order valence-electron chi connectivity index (χ4n) is 1.31. The van der Waals surface area contributed by atoms with Crippen LogP contribution in [0, 0.1) is 5.82 Å². The predicted molar refractivity (Wildman–Crippen MR) is 61.0 cm³/mol. The van der Waals surface area contributed by atoms with Gasteiger partial charge in [-0.25, -0.2) is 4.39 Å². The van der Waals surface area contributed by atoms with E-state index in [9.17, 15) is 4.39 Å². The lowest BCUT2D eigenvalue weighted by atomic mass is 10.2. The monoisotopic (exact) mass is 274 g/mol. The van der Waals surface area contributed by atoms with Crippen molar-refractivity contribution in [3.8, 4) is 5.06 Å². The van der Waals surface area contributed by atoms with Gasteiger partial charge < -0.3 is 4.74 Å². The molecule has 0 fully saturated rings. The van der Waals surface area contributed by atoms with Crippen molar-refractivity contribution in [2.75, 3.05) is 7.11 Å². The molecule has 0 radical (unpaired) electrons. The Labute approximate surface area is 93.6 Å². The van der Waals surface area contributed by atoms with Gasteiger partial charge in [-0.2, -0.15) is 0 Å². The van der Waals surface area contributed by atoms with E-state index >= 15 is 0 Å². The van der Waals surface area contributed by atoms with Gasteiger partial charge in [-0.15, -0.1) is 0 Å². The van der Waals surface area contributed by atoms with Crippen molar-refractivity contribution in [2.24, 2.45) is 0 Å². The van der Waals surface area contributed by atoms with Crippen molar-refractivity contribution in [3.05, 3.63) is 29.6 Å². The van der Waals surface area contributed by atoms with Crippen LogP contribution in [0.1, 0.15) is 5.56 Å². The SMILES string of the molecule is COc1sc2ccc(CBr)cc2c1F. The maximum atomic E-state index is 13.6. The minimum Gasteiger partial charge on any atom is -0.485 e. The lowest BCUT2D eigenvalue weighted by Gasteiger charge is -1.94. The number of thiophene rings is 1. The Bertz CT molecular complexity index is 466. The summed E-state index contributed by atoms with van der Waals surface area (Å²) in [5.41, 5.74) is 1.07. The lowest BCUT2D eigenvalue weighted by molar-refractivity contribution is 0.402. The van der Waals surface area contributed by atoms with E-state index in [2.05, 4.69) is 15.9 Å². The van der Waals surface area contributed by atoms with Crippen molar-refractivity contribution >= 4 is 37.4 Å². The Morgan fingerprint density at radius 1 is 1.50 bits per heavy atom. The van der Waals surface area contributed by atoms with Gasteiger partial charge in [0.05, 0.1) is 7.11 Å². The molecule has 0 saturated carbocycles. The topological polar surface area (TPSA) is 9.23 Å². The first-order valence-corrected chi connectivity index (χ1v) is 6.01. The summed E-state index contributed by atoms with van der Waals surface area (Å²) >= 11 is 4.67. The van der Waals surface area contributed by atoms with Crippen LogP contribution in [-0.2, 0) is 5.33 Å². The van der Waals surface area contributed by atoms with E-state index in [1.54, 1.807) is 0 Å². The van der Waals surface area contributed by atoms with Crippen LogP contribution >= 0.6 is 27.3 Å². The zero-order valence-electron chi connectivity index (χ0n) is 7.51. The molecule has 0 spiro atoms. The number of rotatable bonds is 2. The summed E-state index contributed by atoms with van der Waals surface area (Å²) in [5.74, 6) is -0.254. The molecule has 0 atom stereocenters. The van der Waals surface area contributed by atoms with Crippen LogP contribution in [0.25, 0.3) is 10.1 Å². The predicted octanol–water partition coefficient (Wildman–Crippen LogP) is 3.94. The summed E-state index contributed by atoms with van der Waals surface area (Å²) in [5, 5.41) is 1.73. The number of methoxy groups -OCH3 is 1. The van der Waals surface area contributed by atoms with E-state index in [0.717, 1.165) is 15.6 Å². The maximum absolute atomic E-state index is 13.6. The highest BCUT2D eigenvalue weighted by Crippen LogP contribution is 2.36. The molecular formula is C10H8BrFOS. The Hall–Kier alpha value is -0.610. The number of fused-ring (bicyclic) bond motifs is 1. The molecule has 1 aromatic carbocycles. The summed E-state index contributed by atoms with van der Waals surface area (Å²) in [7, 11) is 1.49. The lowest BCUT2D eigenvalue weighted by Crippen LogP contribution is -1.81. The average molecular weight is 275 g/mol. The van der Waals surface area contributed by atoms with Crippen LogP contribution in [0.4, 0.5) is 4.39 Å². The minimum absolute atomic E-state index is 0.254. The second kappa shape index (κ2) is 3.87. The molecular weight excluding hydrogens is 267 g/mol. The third-order valence-corrected chi connectivity index (χ3v) is 3.76. The summed E-state index contributed by atoms with van der Waals surface area (Å²) < 4.78 is 19.5. The molecule has 2 aromatic rings. The highest BCUT2D eigenvalue weighted by Gasteiger charge is 2.12. The zero-order valence-corrected chi connectivity index (χ0v) is 9.91. The first-order chi connectivity index (χ1) is 6.76. The Balaban J connectivity index is 2.68. The second-order valence-electron chi connectivity index (χ2n) is 2.87. The third kappa shape index (κ3) is 1.53. The molecule has 1 aromatic heterocycles. The van der Waals surface area contributed by atoms with Gasteiger partial charge in [0, 0.05) is 15.4 Å². The van der Waals surface area contributed by atoms with E-state index in [1.807, 2.05) is 18.2 Å². The number of hydrogen-bond acceptors (Lipinski definition) is 2. The van der Waals surface area contributed by atoms with Crippen LogP contribution in [0.3, 0.4) is 0 Å². The fraction of sp³-hybridized carbons (Fsp3) is 0.200. The van der Waals surface area contributed by atoms with Crippen molar-refractivity contribution in [3.63, 3.8) is 0 Å². The number of halogens is 2. The van der Waals surface area contributed by atoms with E-state index in [-0.39, 0.29) is 5.82 Å². The normalized spacial score (nSPS) is 10.8. The standard InChI is InChI=1S/C10H8BrFOS/c1-13-10-9(12)7-4-6(5-11)2-3-8(7)14-10/h2-4H,5H2,1H3. The summed E-state index contributed by atoms with van der Waals surface area (Å²) in [4.78, 5) is 0. The molecule has 2 rings (SSSR count). The van der Waals surface area contributed by atoms with Crippen molar-refractivity contribution in [1.82, 2.24) is 0 Å². The summed E-state index contributed by atoms with van der Waals surface area (Å²) in [6, 6.07) is 5.74. The quantitative estimate of drug-likeness (QED) is 0.754. The molecule has 0 bridgehead atoms. The summed E-state index contributed by atoms with van der Waals surface area (Å²) in [6.07, 6.45) is 0. The first-order valence-electron chi connectivity index (χ1n) is 4.07. The molecule has 0 aliphatic heterocycles. The van der Waals surface area contributed by atoms with Crippen LogP contribution < -0.4 is 4.74 Å². The fourth-order valence-corrected chi connectivity index (χ4v) is 2.53. The van der Waals surface area contributed by atoms with Crippen LogP contribution in [-0.4, -0.2) is 7.11 Å². The number of ether oxygens (including phenoxy) is 1. The van der Waals surface area contributed by atoms with Crippen molar-refractivity contribution in [1.29, 1.82) is 0 Å². The molecule has 0 unspecified atom stereocenters. The maximum Gasteiger partial charge on any atom is 0.211 e. The number of hydrogen-bond donors (Lipinski definition) is 0. The third-order valence-electron chi connectivity index (χ3n) is 2.00. The number of benzene rings is 1. The molecule has 1 nitrogen and oxygen atoms in total. The van der Waals surface area contributed by atoms with Crippen LogP contribution in [0.5, 0.6) is 5.06 Å². The zero-order chi connectivity index (χ0) is 10.1. The minimum atomic E-state index is -0.254. The van der Waals surface area contributed by atoms with Gasteiger partial charge in [-0.3, -0.25) is 0 Å². The Kier molecular flexibility index (Phi) is 2.74. The molecule has 0 aliphatic carbocycles. The molecule has 1 heterocycles. The molecule has 14 heavy (non-hydrogen) atoms. The average Bonchev–Trinajstić information content (AvgIpc) is 2.55. The highest BCUT2D eigenvalue weighted by atomic mass is 79.9. The first kappa shape index (κ1) is 9.93. The van der Waals surface area contributed by atoms with E-state index in [0.29, 0.717) is 10.4 Å². The molecule has 74 valence electrons. The Morgan fingerprint density at radius 2 is 2.29 bits per heavy atom. The molecule has 0 N–H and O–H groups in total. The van der Waals surface area contributed by atoms with Gasteiger partial charge >= 0.3 is 0 Å². The van der Waals surface area contributed by atoms with E-state index < -0.39 is 0 Å². The van der Waals surface area contributed by atoms with Gasteiger partial charge in [-0.1, -0.05) is 33.3 Å². The van der Waals surface area contributed by atoms with Gasteiger partial charge in [0.25, 0.3) is 0 Å². The molecule has 0 amide bonds. The van der Waals surface area contributed by atoms with Crippen molar-refractivity contribution < 1.29 is 9.13 Å². The van der Waals surface area contributed by atoms with Gasteiger partial charge in [0.1, 0.15) is 0 Å². The number of alkyl halides is 1. The van der Waals surface area contributed by atoms with Gasteiger partial charge in [0.2, 0.25) is 5.06 Å². The highest BCUT2D eigenvalue weighted by molar-refractivity contribution is 9.08. The van der Waals surface area contributed by atoms with Crippen LogP contribution in [0.15, 0.2) is 18.2 Å². The smallest absolute Gasteiger partial charge is 0.211 e. The van der Waals surface area contributed by atoms with Crippen LogP contribution in [0.2, 0.25) is 0 Å². The molecule has 0 saturated heterocycles. The van der Waals surface area contributed by atoms with E-state index in [1.165, 1.54) is 18.4 Å². The largest absolute Gasteiger partial charge is 0.485 e.